The number of nitrogens with zero attached hydrogens (tertiary/aromatic N) is 1. The minimum absolute atomic E-state index is 0.184. The molecule has 3 heteroatoms. The molecule has 3 nitrogen and oxygen atoms in total. The fraction of sp³-hybridized carbons (Fsp3) is 0.500. The van der Waals surface area contributed by atoms with Crippen LogP contribution in [0.5, 0.6) is 0 Å². The topological polar surface area (TPSA) is 21.7 Å². The quantitative estimate of drug-likeness (QED) is 0.801. The smallest absolute Gasteiger partial charge is 0.0645 e. The maximum absolute atomic E-state index is 6.05. The first-order valence-corrected chi connectivity index (χ1v) is 10.4. The molecule has 2 aliphatic heterocycles. The van der Waals surface area contributed by atoms with E-state index in [0.29, 0.717) is 12.1 Å². The summed E-state index contributed by atoms with van der Waals surface area (Å²) >= 11 is 0. The lowest BCUT2D eigenvalue weighted by Crippen LogP contribution is -2.52. The van der Waals surface area contributed by atoms with Crippen LogP contribution in [0.25, 0.3) is 0 Å². The van der Waals surface area contributed by atoms with Gasteiger partial charge in [-0.3, -0.25) is 4.90 Å². The molecule has 0 unspecified atom stereocenters. The van der Waals surface area contributed by atoms with Crippen LogP contribution in [0.4, 0.5) is 0 Å². The van der Waals surface area contributed by atoms with E-state index in [9.17, 15) is 0 Å². The van der Waals surface area contributed by atoms with Crippen LogP contribution in [0.15, 0.2) is 60.7 Å². The van der Waals surface area contributed by atoms with E-state index >= 15 is 0 Å². The van der Waals surface area contributed by atoms with Gasteiger partial charge in [0.1, 0.15) is 0 Å². The summed E-state index contributed by atoms with van der Waals surface area (Å²) in [4.78, 5) is 2.74. The van der Waals surface area contributed by atoms with Crippen LogP contribution in [0.2, 0.25) is 0 Å². The second-order valence-corrected chi connectivity index (χ2v) is 8.50. The highest BCUT2D eigenvalue weighted by Crippen LogP contribution is 2.51. The summed E-state index contributed by atoms with van der Waals surface area (Å²) < 4.78 is 11.6. The van der Waals surface area contributed by atoms with Crippen molar-refractivity contribution in [2.75, 3.05) is 26.4 Å². The van der Waals surface area contributed by atoms with Gasteiger partial charge in [0.05, 0.1) is 25.9 Å². The zero-order chi connectivity index (χ0) is 18.1. The molecule has 0 radical (unpaired) electrons. The van der Waals surface area contributed by atoms with Gasteiger partial charge in [0.15, 0.2) is 0 Å². The van der Waals surface area contributed by atoms with E-state index in [0.717, 1.165) is 38.9 Å². The van der Waals surface area contributed by atoms with Crippen LogP contribution >= 0.6 is 0 Å². The van der Waals surface area contributed by atoms with Crippen LogP contribution in [-0.4, -0.2) is 43.4 Å². The maximum atomic E-state index is 6.05. The number of benzene rings is 2. The van der Waals surface area contributed by atoms with Crippen molar-refractivity contribution in [3.8, 4) is 0 Å². The molecular formula is C24H29NO2. The summed E-state index contributed by atoms with van der Waals surface area (Å²) in [6.07, 6.45) is 3.67. The summed E-state index contributed by atoms with van der Waals surface area (Å²) in [7, 11) is 0. The number of hydrogen-bond donors (Lipinski definition) is 0. The lowest BCUT2D eigenvalue weighted by molar-refractivity contribution is -0.0833. The Hall–Kier alpha value is -1.68. The first-order chi connectivity index (χ1) is 13.4. The molecule has 2 heterocycles. The molecule has 27 heavy (non-hydrogen) atoms. The highest BCUT2D eigenvalue weighted by Gasteiger charge is 2.52. The number of ether oxygens (including phenoxy) is 2. The summed E-state index contributed by atoms with van der Waals surface area (Å²) in [5.41, 5.74) is 3.06. The van der Waals surface area contributed by atoms with E-state index in [-0.39, 0.29) is 5.41 Å². The molecule has 1 saturated carbocycles. The van der Waals surface area contributed by atoms with Gasteiger partial charge in [0.25, 0.3) is 0 Å². The first-order valence-electron chi connectivity index (χ1n) is 10.4. The molecule has 0 aromatic heterocycles. The fourth-order valence-corrected chi connectivity index (χ4v) is 5.50. The molecule has 0 N–H and O–H groups in total. The van der Waals surface area contributed by atoms with Crippen molar-refractivity contribution in [2.24, 2.45) is 5.92 Å². The monoisotopic (exact) mass is 363 g/mol. The zero-order valence-electron chi connectivity index (χ0n) is 15.9. The van der Waals surface area contributed by atoms with Gasteiger partial charge in [0, 0.05) is 24.6 Å². The zero-order valence-corrected chi connectivity index (χ0v) is 15.9. The van der Waals surface area contributed by atoms with Crippen LogP contribution in [0.1, 0.15) is 30.4 Å². The predicted molar refractivity (Wildman–Crippen MR) is 107 cm³/mol. The number of rotatable bonds is 5. The van der Waals surface area contributed by atoms with Crippen LogP contribution < -0.4 is 0 Å². The van der Waals surface area contributed by atoms with Crippen molar-refractivity contribution in [1.29, 1.82) is 0 Å². The van der Waals surface area contributed by atoms with Gasteiger partial charge in [0.2, 0.25) is 0 Å². The highest BCUT2D eigenvalue weighted by atomic mass is 16.5. The molecule has 2 saturated heterocycles. The van der Waals surface area contributed by atoms with Crippen LogP contribution in [0.3, 0.4) is 0 Å². The van der Waals surface area contributed by atoms with Gasteiger partial charge < -0.3 is 9.47 Å². The van der Waals surface area contributed by atoms with Crippen LogP contribution in [-0.2, 0) is 21.4 Å². The molecule has 142 valence electrons. The van der Waals surface area contributed by atoms with Crippen molar-refractivity contribution in [3.05, 3.63) is 71.8 Å². The lowest BCUT2D eigenvalue weighted by Gasteiger charge is -2.42. The van der Waals surface area contributed by atoms with Crippen molar-refractivity contribution < 1.29 is 9.47 Å². The maximum Gasteiger partial charge on any atom is 0.0645 e. The average molecular weight is 364 g/mol. The standard InChI is InChI=1S/C24H29NO2/c1-3-7-19(8-4-1)15-25(23-16-27-17-23)22-13-21-11-12-26-18-24(21,14-22)20-9-5-2-6-10-20/h1-10,21-23H,11-18H2/t21-,22-,24-/m1/s1. The third-order valence-electron chi connectivity index (χ3n) is 7.02. The average Bonchev–Trinajstić information content (AvgIpc) is 3.08. The van der Waals surface area contributed by atoms with Crippen molar-refractivity contribution in [1.82, 2.24) is 4.90 Å². The molecule has 3 fully saturated rings. The van der Waals surface area contributed by atoms with Gasteiger partial charge in [-0.25, -0.2) is 0 Å². The largest absolute Gasteiger partial charge is 0.381 e. The normalized spacial score (nSPS) is 30.9. The minimum atomic E-state index is 0.184. The number of fused-ring (bicyclic) bond motifs is 1. The Bertz CT molecular complexity index is 745. The molecule has 2 aromatic rings. The predicted octanol–water partition coefficient (Wildman–Crippen LogP) is 4.02. The van der Waals surface area contributed by atoms with E-state index in [1.165, 1.54) is 30.4 Å². The molecule has 0 spiro atoms. The van der Waals surface area contributed by atoms with Gasteiger partial charge in [-0.05, 0) is 36.3 Å². The van der Waals surface area contributed by atoms with Gasteiger partial charge in [-0.15, -0.1) is 0 Å². The summed E-state index contributed by atoms with van der Waals surface area (Å²) in [5, 5.41) is 0. The summed E-state index contributed by atoms with van der Waals surface area (Å²) in [5.74, 6) is 0.720. The Morgan fingerprint density at radius 1 is 0.889 bits per heavy atom. The third-order valence-corrected chi connectivity index (χ3v) is 7.02. The molecule has 0 bridgehead atoms. The molecular weight excluding hydrogens is 334 g/mol. The van der Waals surface area contributed by atoms with Gasteiger partial charge in [-0.2, -0.15) is 0 Å². The summed E-state index contributed by atoms with van der Waals surface area (Å²) in [6, 6.07) is 23.2. The number of hydrogen-bond acceptors (Lipinski definition) is 3. The van der Waals surface area contributed by atoms with E-state index in [4.69, 9.17) is 9.47 Å². The fourth-order valence-electron chi connectivity index (χ4n) is 5.50. The lowest BCUT2D eigenvalue weighted by atomic mass is 9.70. The Morgan fingerprint density at radius 3 is 2.33 bits per heavy atom. The Balaban J connectivity index is 1.43. The SMILES string of the molecule is c1ccc(CN(C2COC2)[C@@H]2C[C@H]3CCOC[C@@]3(c3ccccc3)C2)cc1. The molecule has 3 atom stereocenters. The minimum Gasteiger partial charge on any atom is -0.381 e. The van der Waals surface area contributed by atoms with Crippen molar-refractivity contribution >= 4 is 0 Å². The van der Waals surface area contributed by atoms with Crippen molar-refractivity contribution in [3.63, 3.8) is 0 Å². The molecule has 1 aliphatic carbocycles. The van der Waals surface area contributed by atoms with Gasteiger partial charge >= 0.3 is 0 Å². The summed E-state index contributed by atoms with van der Waals surface area (Å²) in [6.45, 7) is 4.57. The van der Waals surface area contributed by atoms with E-state index in [2.05, 4.69) is 65.6 Å². The Labute approximate surface area is 162 Å². The molecule has 3 aliphatic rings. The van der Waals surface area contributed by atoms with Crippen molar-refractivity contribution in [2.45, 2.75) is 43.3 Å². The first kappa shape index (κ1) is 17.4. The second kappa shape index (κ2) is 7.38. The highest BCUT2D eigenvalue weighted by molar-refractivity contribution is 5.30. The Kier molecular flexibility index (Phi) is 4.76. The van der Waals surface area contributed by atoms with E-state index in [1.807, 2.05) is 0 Å². The van der Waals surface area contributed by atoms with E-state index < -0.39 is 0 Å². The Morgan fingerprint density at radius 2 is 1.63 bits per heavy atom. The second-order valence-electron chi connectivity index (χ2n) is 8.50. The molecule has 2 aromatic carbocycles. The molecule has 0 amide bonds. The van der Waals surface area contributed by atoms with E-state index in [1.54, 1.807) is 0 Å². The van der Waals surface area contributed by atoms with Gasteiger partial charge in [-0.1, -0.05) is 60.7 Å². The molecule has 5 rings (SSSR count). The third kappa shape index (κ3) is 3.22. The van der Waals surface area contributed by atoms with Crippen LogP contribution in [0, 0.1) is 5.92 Å².